The van der Waals surface area contributed by atoms with Crippen molar-refractivity contribution in [1.82, 2.24) is 9.55 Å². The third-order valence-electron chi connectivity index (χ3n) is 4.51. The van der Waals surface area contributed by atoms with Gasteiger partial charge in [-0.15, -0.1) is 0 Å². The van der Waals surface area contributed by atoms with E-state index in [9.17, 15) is 0 Å². The number of nitrogens with zero attached hydrogens (tertiary/aromatic N) is 3. The Bertz CT molecular complexity index is 1000. The van der Waals surface area contributed by atoms with Crippen molar-refractivity contribution in [2.75, 3.05) is 0 Å². The summed E-state index contributed by atoms with van der Waals surface area (Å²) in [6.07, 6.45) is 6.38. The molecule has 3 aromatic rings. The Morgan fingerprint density at radius 2 is 2.09 bits per heavy atom. The lowest BCUT2D eigenvalue weighted by atomic mass is 9.97. The number of fused-ring (bicyclic) bond motifs is 3. The highest BCUT2D eigenvalue weighted by Crippen LogP contribution is 2.37. The van der Waals surface area contributed by atoms with Gasteiger partial charge in [0.25, 0.3) is 0 Å². The average molecular weight is 293 g/mol. The Hall–Kier alpha value is -2.42. The van der Waals surface area contributed by atoms with Gasteiger partial charge >= 0.3 is 0 Å². The number of hydrogen-bond acceptors (Lipinski definition) is 1. The second-order valence-electron chi connectivity index (χ2n) is 6.02. The normalized spacial score (nSPS) is 15.0. The van der Waals surface area contributed by atoms with Crippen molar-refractivity contribution < 1.29 is 8.68 Å². The Labute approximate surface area is 135 Å². The molecular weight excluding hydrogens is 270 g/mol. The molecule has 0 aliphatic carbocycles. The Morgan fingerprint density at radius 3 is 2.91 bits per heavy atom. The minimum atomic E-state index is -2.11. The van der Waals surface area contributed by atoms with Gasteiger partial charge in [-0.1, -0.05) is 12.1 Å². The second kappa shape index (κ2) is 4.54. The quantitative estimate of drug-likeness (QED) is 0.494. The lowest BCUT2D eigenvalue weighted by Crippen LogP contribution is -2.32. The van der Waals surface area contributed by atoms with Crippen LogP contribution in [0, 0.1) is 20.7 Å². The predicted molar refractivity (Wildman–Crippen MR) is 87.2 cm³/mol. The van der Waals surface area contributed by atoms with E-state index in [4.69, 9.17) is 4.11 Å². The highest BCUT2D eigenvalue weighted by atomic mass is 15.1. The number of rotatable bonds is 1. The summed E-state index contributed by atoms with van der Waals surface area (Å²) in [5, 5.41) is 0. The first-order chi connectivity index (χ1) is 11.8. The van der Waals surface area contributed by atoms with E-state index in [1.807, 2.05) is 37.0 Å². The first-order valence-electron chi connectivity index (χ1n) is 8.93. The molecule has 1 aromatic carbocycles. The third-order valence-corrected chi connectivity index (χ3v) is 4.51. The summed E-state index contributed by atoms with van der Waals surface area (Å²) >= 11 is 0. The molecule has 0 atom stereocenters. The summed E-state index contributed by atoms with van der Waals surface area (Å²) in [6, 6.07) is 6.28. The van der Waals surface area contributed by atoms with Gasteiger partial charge in [0.1, 0.15) is 12.9 Å². The number of pyridine rings is 1. The molecule has 0 N–H and O–H groups in total. The maximum absolute atomic E-state index is 7.73. The van der Waals surface area contributed by atoms with Gasteiger partial charge in [-0.25, -0.2) is 9.55 Å². The highest BCUT2D eigenvalue weighted by molar-refractivity contribution is 5.76. The molecule has 2 aromatic heterocycles. The lowest BCUT2D eigenvalue weighted by Gasteiger charge is -2.13. The molecule has 0 fully saturated rings. The zero-order valence-electron chi connectivity index (χ0n) is 16.0. The maximum atomic E-state index is 7.73. The SMILES string of the molecule is [2H]C([2H])([2H])c1c[n+](C)c(-c2c(C)ccc3c2-n2ccnc2C3)cc1C. The van der Waals surface area contributed by atoms with Gasteiger partial charge in [0, 0.05) is 34.6 Å². The monoisotopic (exact) mass is 293 g/mol. The molecule has 0 unspecified atom stereocenters. The van der Waals surface area contributed by atoms with Crippen molar-refractivity contribution >= 4 is 0 Å². The fraction of sp³-hybridized carbons (Fsp3) is 0.263. The summed E-state index contributed by atoms with van der Waals surface area (Å²) in [7, 11) is 1.91. The lowest BCUT2D eigenvalue weighted by molar-refractivity contribution is -0.660. The first kappa shape index (κ1) is 10.3. The van der Waals surface area contributed by atoms with Gasteiger partial charge in [-0.2, -0.15) is 0 Å². The fourth-order valence-electron chi connectivity index (χ4n) is 3.31. The number of imidazole rings is 1. The minimum Gasteiger partial charge on any atom is -0.302 e. The Balaban J connectivity index is 2.00. The number of hydrogen-bond donors (Lipinski definition) is 0. The molecular formula is C19H20N3+. The maximum Gasteiger partial charge on any atom is 0.214 e. The van der Waals surface area contributed by atoms with Gasteiger partial charge in [-0.05, 0) is 37.4 Å². The second-order valence-corrected chi connectivity index (χ2v) is 6.02. The van der Waals surface area contributed by atoms with Gasteiger partial charge < -0.3 is 4.57 Å². The summed E-state index contributed by atoms with van der Waals surface area (Å²) in [4.78, 5) is 4.44. The van der Waals surface area contributed by atoms with E-state index in [2.05, 4.69) is 28.6 Å². The molecule has 0 bridgehead atoms. The van der Waals surface area contributed by atoms with Gasteiger partial charge in [-0.3, -0.25) is 0 Å². The Kier molecular flexibility index (Phi) is 2.13. The van der Waals surface area contributed by atoms with Crippen molar-refractivity contribution in [1.29, 1.82) is 0 Å². The summed E-state index contributed by atoms with van der Waals surface area (Å²) in [5.41, 5.74) is 6.90. The summed E-state index contributed by atoms with van der Waals surface area (Å²) in [5.74, 6) is 1.04. The number of aromatic nitrogens is 3. The van der Waals surface area contributed by atoms with Crippen LogP contribution in [0.25, 0.3) is 16.9 Å². The zero-order chi connectivity index (χ0) is 17.9. The van der Waals surface area contributed by atoms with Gasteiger partial charge in [0.15, 0.2) is 6.20 Å². The largest absolute Gasteiger partial charge is 0.302 e. The number of benzene rings is 1. The molecule has 1 aliphatic heterocycles. The molecule has 0 radical (unpaired) electrons. The smallest absolute Gasteiger partial charge is 0.214 e. The Morgan fingerprint density at radius 1 is 1.23 bits per heavy atom. The van der Waals surface area contributed by atoms with Crippen LogP contribution in [0.15, 0.2) is 36.8 Å². The van der Waals surface area contributed by atoms with Crippen molar-refractivity contribution in [2.24, 2.45) is 7.05 Å². The van der Waals surface area contributed by atoms with Crippen LogP contribution < -0.4 is 4.57 Å². The molecule has 1 aliphatic rings. The molecule has 3 nitrogen and oxygen atoms in total. The van der Waals surface area contributed by atoms with Crippen LogP contribution in [0.1, 0.15) is 32.2 Å². The van der Waals surface area contributed by atoms with Crippen LogP contribution in [0.2, 0.25) is 0 Å². The standard InChI is InChI=1S/C19H20N3/c1-12-5-6-15-10-17-20-7-8-22(17)19(15)18(12)16-9-13(2)14(3)11-21(16)4/h5-9,11H,10H2,1-4H3/q+1/i3D3. The van der Waals surface area contributed by atoms with Crippen LogP contribution in [-0.4, -0.2) is 9.55 Å². The third kappa shape index (κ3) is 1.75. The molecule has 0 saturated heterocycles. The summed E-state index contributed by atoms with van der Waals surface area (Å²) < 4.78 is 27.3. The molecule has 4 rings (SSSR count). The van der Waals surface area contributed by atoms with Crippen LogP contribution in [0.4, 0.5) is 0 Å². The van der Waals surface area contributed by atoms with Crippen molar-refractivity contribution in [3.8, 4) is 16.9 Å². The molecule has 110 valence electrons. The van der Waals surface area contributed by atoms with E-state index in [1.54, 1.807) is 6.20 Å². The van der Waals surface area contributed by atoms with Gasteiger partial charge in [0.2, 0.25) is 5.69 Å². The van der Waals surface area contributed by atoms with Crippen molar-refractivity contribution in [2.45, 2.75) is 27.1 Å². The van der Waals surface area contributed by atoms with Crippen LogP contribution >= 0.6 is 0 Å². The van der Waals surface area contributed by atoms with Gasteiger partial charge in [0.05, 0.1) is 11.3 Å². The summed E-state index contributed by atoms with van der Waals surface area (Å²) in [6.45, 7) is 1.86. The molecule has 22 heavy (non-hydrogen) atoms. The minimum absolute atomic E-state index is 0.396. The highest BCUT2D eigenvalue weighted by Gasteiger charge is 2.27. The van der Waals surface area contributed by atoms with Crippen molar-refractivity contribution in [3.63, 3.8) is 0 Å². The molecule has 3 heteroatoms. The molecule has 3 heterocycles. The van der Waals surface area contributed by atoms with E-state index in [-0.39, 0.29) is 0 Å². The molecule has 0 saturated carbocycles. The van der Waals surface area contributed by atoms with Crippen LogP contribution in [0.3, 0.4) is 0 Å². The molecule has 0 amide bonds. The van der Waals surface area contributed by atoms with Crippen molar-refractivity contribution in [3.05, 3.63) is 64.9 Å². The molecule has 0 spiro atoms. The average Bonchev–Trinajstić information content (AvgIpc) is 3.09. The van der Waals surface area contributed by atoms with E-state index >= 15 is 0 Å². The zero-order valence-corrected chi connectivity index (χ0v) is 13.0. The van der Waals surface area contributed by atoms with Crippen LogP contribution in [0.5, 0.6) is 0 Å². The van der Waals surface area contributed by atoms with E-state index < -0.39 is 6.85 Å². The van der Waals surface area contributed by atoms with Crippen LogP contribution in [-0.2, 0) is 13.5 Å². The van der Waals surface area contributed by atoms with E-state index in [1.165, 1.54) is 5.56 Å². The number of aryl methyl sites for hydroxylation is 4. The topological polar surface area (TPSA) is 21.7 Å². The van der Waals surface area contributed by atoms with E-state index in [0.717, 1.165) is 40.3 Å². The van der Waals surface area contributed by atoms with E-state index in [0.29, 0.717) is 5.56 Å². The first-order valence-corrected chi connectivity index (χ1v) is 7.43. The predicted octanol–water partition coefficient (Wildman–Crippen LogP) is 3.19. The fourth-order valence-corrected chi connectivity index (χ4v) is 3.31.